The summed E-state index contributed by atoms with van der Waals surface area (Å²) in [5, 5.41) is 1.35. The Labute approximate surface area is 210 Å². The first-order valence-electron chi connectivity index (χ1n) is 11.9. The van der Waals surface area contributed by atoms with Gasteiger partial charge in [-0.15, -0.1) is 0 Å². The van der Waals surface area contributed by atoms with Crippen molar-refractivity contribution in [3.63, 3.8) is 0 Å². The Kier molecular flexibility index (Phi) is 8.95. The van der Waals surface area contributed by atoms with Gasteiger partial charge in [-0.2, -0.15) is 0 Å². The van der Waals surface area contributed by atoms with Crippen LogP contribution in [0.25, 0.3) is 10.9 Å². The Bertz CT molecular complexity index is 1010. The standard InChI is InChI=1S/C26H37I2N3O/c1-5-21-16-23(22-7-8-22)17-24-18(2)15-25(30-26(21)24)19(3)27-31-20(4)29-12-6-9-28-10-13-32-14-11-28/h15-17,22H,5-14H2,1-4H3,(H,29,31). The predicted octanol–water partition coefficient (Wildman–Crippen LogP) is 6.34. The summed E-state index contributed by atoms with van der Waals surface area (Å²) in [6.07, 6.45) is 4.99. The van der Waals surface area contributed by atoms with E-state index in [9.17, 15) is 0 Å². The number of nitrogens with one attached hydrogen (secondary N) is 1. The summed E-state index contributed by atoms with van der Waals surface area (Å²) in [6, 6.07) is 7.11. The minimum atomic E-state index is -0.695. The molecule has 6 heteroatoms. The fraction of sp³-hybridized carbons (Fsp3) is 0.577. The number of ether oxygens (including phenoxy) is 1. The molecule has 0 spiro atoms. The minimum absolute atomic E-state index is 0.316. The first-order chi connectivity index (χ1) is 15.5. The maximum atomic E-state index is 5.49. The third-order valence-corrected chi connectivity index (χ3v) is 14.8. The van der Waals surface area contributed by atoms with Crippen LogP contribution in [0, 0.1) is 6.92 Å². The molecule has 32 heavy (non-hydrogen) atoms. The molecule has 2 aliphatic rings. The fourth-order valence-corrected chi connectivity index (χ4v) is 10.5. The number of halogens is 2. The summed E-state index contributed by atoms with van der Waals surface area (Å²) < 4.78 is 14.7. The topological polar surface area (TPSA) is 46.5 Å². The molecule has 1 aromatic heterocycles. The number of aliphatic imine (C=N–C) groups is 1. The average Bonchev–Trinajstić information content (AvgIpc) is 3.66. The van der Waals surface area contributed by atoms with Crippen LogP contribution in [0.5, 0.6) is 0 Å². The number of alkyl halides is 3. The van der Waals surface area contributed by atoms with Crippen molar-refractivity contribution in [1.82, 2.24) is 8.51 Å². The van der Waals surface area contributed by atoms with Gasteiger partial charge in [0.1, 0.15) is 0 Å². The van der Waals surface area contributed by atoms with Crippen molar-refractivity contribution >= 4 is 61.1 Å². The molecule has 176 valence electrons. The van der Waals surface area contributed by atoms with Crippen LogP contribution in [-0.2, 0) is 11.2 Å². The zero-order valence-corrected chi connectivity index (χ0v) is 24.3. The fourth-order valence-electron chi connectivity index (χ4n) is 4.11. The van der Waals surface area contributed by atoms with Gasteiger partial charge in [-0.05, 0) is 36.8 Å². The second-order valence-electron chi connectivity index (χ2n) is 8.82. The Balaban J connectivity index is 1.40. The Morgan fingerprint density at radius 3 is 2.72 bits per heavy atom. The molecule has 0 amide bonds. The summed E-state index contributed by atoms with van der Waals surface area (Å²) in [6.45, 7) is 11.8. The number of aromatic nitrogens is 1. The van der Waals surface area contributed by atoms with E-state index in [0.717, 1.165) is 43.6 Å². The van der Waals surface area contributed by atoms with E-state index in [4.69, 9.17) is 14.7 Å². The van der Waals surface area contributed by atoms with Crippen molar-refractivity contribution in [3.05, 3.63) is 40.6 Å². The number of nitrogens with zero attached hydrogens (tertiary/aromatic N) is 2. The quantitative estimate of drug-likeness (QED) is 0.0898. The molecule has 1 aliphatic carbocycles. The third kappa shape index (κ3) is 6.50. The van der Waals surface area contributed by atoms with Gasteiger partial charge < -0.3 is 0 Å². The number of pyridine rings is 1. The van der Waals surface area contributed by atoms with Gasteiger partial charge in [0.25, 0.3) is 0 Å². The zero-order chi connectivity index (χ0) is 22.5. The Hall–Kier alpha value is -0.610. The normalized spacial score (nSPS) is 19.2. The van der Waals surface area contributed by atoms with E-state index in [0.29, 0.717) is 0 Å². The molecule has 2 heterocycles. The Morgan fingerprint density at radius 1 is 1.22 bits per heavy atom. The van der Waals surface area contributed by atoms with Crippen molar-refractivity contribution in [2.75, 3.05) is 33.0 Å². The maximum absolute atomic E-state index is 5.49. The molecule has 1 N–H and O–H groups in total. The molecule has 2 fully saturated rings. The van der Waals surface area contributed by atoms with Gasteiger partial charge in [0, 0.05) is 0 Å². The average molecular weight is 661 g/mol. The van der Waals surface area contributed by atoms with Gasteiger partial charge in [0.15, 0.2) is 0 Å². The number of hydrogen-bond donors (Lipinski definition) is 1. The summed E-state index contributed by atoms with van der Waals surface area (Å²) in [7, 11) is 0. The van der Waals surface area contributed by atoms with Crippen LogP contribution in [-0.4, -0.2) is 47.4 Å². The van der Waals surface area contributed by atoms with E-state index >= 15 is 0 Å². The first kappa shape index (κ1) is 24.5. The Morgan fingerprint density at radius 2 is 2.00 bits per heavy atom. The van der Waals surface area contributed by atoms with Gasteiger partial charge in [-0.1, -0.05) is 13.0 Å². The van der Waals surface area contributed by atoms with Crippen molar-refractivity contribution in [3.8, 4) is 0 Å². The summed E-state index contributed by atoms with van der Waals surface area (Å²) in [5.74, 6) is 1.88. The van der Waals surface area contributed by atoms with E-state index in [2.05, 4.69) is 49.4 Å². The molecule has 4 rings (SSSR count). The van der Waals surface area contributed by atoms with E-state index < -0.39 is 19.8 Å². The first-order valence-corrected chi connectivity index (χ1v) is 18.6. The molecule has 2 aromatic rings. The molecular weight excluding hydrogens is 624 g/mol. The monoisotopic (exact) mass is 661 g/mol. The van der Waals surface area contributed by atoms with Crippen LogP contribution >= 0.6 is 40.8 Å². The van der Waals surface area contributed by atoms with E-state index in [1.165, 1.54) is 63.6 Å². The number of aryl methyl sites for hydroxylation is 2. The van der Waals surface area contributed by atoms with Crippen LogP contribution in [0.4, 0.5) is 0 Å². The number of rotatable bonds is 8. The van der Waals surface area contributed by atoms with Gasteiger partial charge in [0.05, 0.1) is 0 Å². The second kappa shape index (κ2) is 11.7. The molecule has 1 aromatic carbocycles. The van der Waals surface area contributed by atoms with Crippen molar-refractivity contribution in [2.24, 2.45) is 4.99 Å². The second-order valence-corrected chi connectivity index (χ2v) is 18.0. The molecule has 0 radical (unpaired) electrons. The predicted molar refractivity (Wildman–Crippen MR) is 157 cm³/mol. The van der Waals surface area contributed by atoms with E-state index in [-0.39, 0.29) is 21.0 Å². The molecular formula is C26H37I2N3O. The SMILES string of the molecule is CCc1cc(C2CC2)cc2c(C)cc(C(C)=INC(C)=NCCCI3CCOCC3)nc12. The van der Waals surface area contributed by atoms with E-state index in [1.54, 1.807) is 0 Å². The number of fused-ring (bicyclic) bond motifs is 1. The van der Waals surface area contributed by atoms with Gasteiger partial charge >= 0.3 is 162 Å². The van der Waals surface area contributed by atoms with Crippen LogP contribution < -0.4 is 3.53 Å². The summed E-state index contributed by atoms with van der Waals surface area (Å²) in [4.78, 5) is 9.93. The molecule has 4 nitrogen and oxygen atoms in total. The summed E-state index contributed by atoms with van der Waals surface area (Å²) >= 11 is -1.01. The zero-order valence-electron chi connectivity index (χ0n) is 19.9. The third-order valence-electron chi connectivity index (χ3n) is 6.22. The van der Waals surface area contributed by atoms with Crippen LogP contribution in [0.15, 0.2) is 23.2 Å². The van der Waals surface area contributed by atoms with Crippen LogP contribution in [0.3, 0.4) is 0 Å². The molecule has 1 saturated heterocycles. The van der Waals surface area contributed by atoms with Crippen LogP contribution in [0.1, 0.15) is 68.3 Å². The molecule has 0 atom stereocenters. The van der Waals surface area contributed by atoms with Gasteiger partial charge in [-0.3, -0.25) is 0 Å². The van der Waals surface area contributed by atoms with Gasteiger partial charge in [0.2, 0.25) is 0 Å². The summed E-state index contributed by atoms with van der Waals surface area (Å²) in [5.41, 5.74) is 6.64. The van der Waals surface area contributed by atoms with Crippen molar-refractivity contribution < 1.29 is 4.74 Å². The number of amidine groups is 1. The molecule has 1 aliphatic heterocycles. The van der Waals surface area contributed by atoms with Crippen LogP contribution in [0.2, 0.25) is 0 Å². The van der Waals surface area contributed by atoms with E-state index in [1.807, 2.05) is 0 Å². The van der Waals surface area contributed by atoms with Gasteiger partial charge in [-0.25, -0.2) is 0 Å². The van der Waals surface area contributed by atoms with Crippen molar-refractivity contribution in [1.29, 1.82) is 0 Å². The molecule has 1 saturated carbocycles. The number of hydrogen-bond acceptors (Lipinski definition) is 3. The number of benzene rings is 1. The molecule has 0 unspecified atom stereocenters. The van der Waals surface area contributed by atoms with Crippen molar-refractivity contribution in [2.45, 2.75) is 59.3 Å². The molecule has 0 bridgehead atoms.